The van der Waals surface area contributed by atoms with E-state index in [1.54, 1.807) is 44.2 Å². The zero-order valence-corrected chi connectivity index (χ0v) is 18.6. The first-order valence-electron chi connectivity index (χ1n) is 10.2. The van der Waals surface area contributed by atoms with Gasteiger partial charge in [0, 0.05) is 24.5 Å². The normalized spacial score (nSPS) is 21.1. The molecule has 0 saturated carbocycles. The lowest BCUT2D eigenvalue weighted by Gasteiger charge is -2.20. The second-order valence-electron chi connectivity index (χ2n) is 6.84. The largest absolute Gasteiger partial charge is 0.454 e. The molecular formula is C21H25N2O8P. The predicted octanol–water partition coefficient (Wildman–Crippen LogP) is 2.83. The Hall–Kier alpha value is -2.78. The Bertz CT molecular complexity index is 1100. The molecule has 3 rings (SSSR count). The van der Waals surface area contributed by atoms with E-state index in [1.165, 1.54) is 24.2 Å². The van der Waals surface area contributed by atoms with Gasteiger partial charge in [0.15, 0.2) is 12.3 Å². The molecule has 172 valence electrons. The average Bonchev–Trinajstić information content (AvgIpc) is 3.16. The van der Waals surface area contributed by atoms with Crippen molar-refractivity contribution in [1.82, 2.24) is 9.55 Å². The van der Waals surface area contributed by atoms with Gasteiger partial charge in [0.25, 0.3) is 5.56 Å². The van der Waals surface area contributed by atoms with Crippen LogP contribution in [0, 0.1) is 0 Å². The monoisotopic (exact) mass is 464 g/mol. The molecule has 0 amide bonds. The van der Waals surface area contributed by atoms with Gasteiger partial charge >= 0.3 is 19.3 Å². The molecule has 1 aromatic heterocycles. The van der Waals surface area contributed by atoms with E-state index in [9.17, 15) is 18.9 Å². The number of ether oxygens (including phenoxy) is 2. The third-order valence-corrected chi connectivity index (χ3v) is 6.36. The van der Waals surface area contributed by atoms with Gasteiger partial charge in [-0.3, -0.25) is 18.9 Å². The summed E-state index contributed by atoms with van der Waals surface area (Å²) < 4.78 is 35.8. The number of esters is 1. The Morgan fingerprint density at radius 3 is 2.50 bits per heavy atom. The third-order valence-electron chi connectivity index (χ3n) is 4.59. The topological polar surface area (TPSA) is 126 Å². The molecule has 11 heteroatoms. The molecule has 1 aromatic carbocycles. The van der Waals surface area contributed by atoms with Crippen molar-refractivity contribution in [3.8, 4) is 0 Å². The number of H-pyrrole nitrogens is 1. The zero-order chi connectivity index (χ0) is 23.1. The van der Waals surface area contributed by atoms with Crippen LogP contribution in [0.4, 0.5) is 0 Å². The van der Waals surface area contributed by atoms with Crippen LogP contribution in [0.1, 0.15) is 36.9 Å². The minimum Gasteiger partial charge on any atom is -0.454 e. The molecule has 0 spiro atoms. The van der Waals surface area contributed by atoms with Crippen LogP contribution in [0.5, 0.6) is 0 Å². The molecule has 1 saturated heterocycles. The fraction of sp³-hybridized carbons (Fsp3) is 0.381. The van der Waals surface area contributed by atoms with Crippen molar-refractivity contribution in [3.05, 3.63) is 80.9 Å². The number of aromatic amines is 1. The van der Waals surface area contributed by atoms with Crippen LogP contribution in [-0.2, 0) is 23.1 Å². The van der Waals surface area contributed by atoms with Gasteiger partial charge < -0.3 is 18.5 Å². The molecule has 1 N–H and O–H groups in total. The highest BCUT2D eigenvalue weighted by molar-refractivity contribution is 7.57. The van der Waals surface area contributed by atoms with E-state index in [0.29, 0.717) is 5.56 Å². The van der Waals surface area contributed by atoms with Gasteiger partial charge in [0.05, 0.1) is 24.9 Å². The van der Waals surface area contributed by atoms with Gasteiger partial charge in [0.1, 0.15) is 0 Å². The molecule has 3 atom stereocenters. The summed E-state index contributed by atoms with van der Waals surface area (Å²) in [6.07, 6.45) is 0.462. The molecule has 1 unspecified atom stereocenters. The van der Waals surface area contributed by atoms with Crippen LogP contribution in [0.3, 0.4) is 0 Å². The number of hydrogen-bond acceptors (Lipinski definition) is 8. The van der Waals surface area contributed by atoms with Crippen LogP contribution >= 0.6 is 7.60 Å². The fourth-order valence-electron chi connectivity index (χ4n) is 3.23. The summed E-state index contributed by atoms with van der Waals surface area (Å²) in [7, 11) is -3.46. The first-order valence-corrected chi connectivity index (χ1v) is 11.8. The highest BCUT2D eigenvalue weighted by Gasteiger charge is 2.39. The van der Waals surface area contributed by atoms with Gasteiger partial charge in [-0.25, -0.2) is 9.59 Å². The second-order valence-corrected chi connectivity index (χ2v) is 8.74. The molecule has 2 heterocycles. The van der Waals surface area contributed by atoms with Crippen LogP contribution < -0.4 is 11.2 Å². The first kappa shape index (κ1) is 23.9. The maximum absolute atomic E-state index is 12.7. The van der Waals surface area contributed by atoms with Crippen molar-refractivity contribution in [1.29, 1.82) is 0 Å². The number of hydrogen-bond donors (Lipinski definition) is 1. The molecule has 1 aliphatic heterocycles. The Morgan fingerprint density at radius 1 is 1.19 bits per heavy atom. The van der Waals surface area contributed by atoms with E-state index < -0.39 is 43.2 Å². The van der Waals surface area contributed by atoms with Crippen molar-refractivity contribution in [2.45, 2.75) is 38.7 Å². The number of benzene rings is 1. The molecule has 0 bridgehead atoms. The maximum Gasteiger partial charge on any atom is 0.353 e. The van der Waals surface area contributed by atoms with E-state index in [2.05, 4.69) is 4.98 Å². The van der Waals surface area contributed by atoms with E-state index in [0.717, 1.165) is 4.57 Å². The number of nitrogens with one attached hydrogen (secondary N) is 1. The molecule has 2 aromatic rings. The highest BCUT2D eigenvalue weighted by atomic mass is 31.2. The Balaban J connectivity index is 1.86. The summed E-state index contributed by atoms with van der Waals surface area (Å²) in [6.45, 7) is 3.78. The van der Waals surface area contributed by atoms with Crippen LogP contribution in [0.15, 0.2) is 64.1 Å². The van der Waals surface area contributed by atoms with Crippen molar-refractivity contribution in [2.75, 3.05) is 13.2 Å². The van der Waals surface area contributed by atoms with Crippen LogP contribution in [-0.4, -0.2) is 40.9 Å². The molecular weight excluding hydrogens is 439 g/mol. The van der Waals surface area contributed by atoms with Crippen LogP contribution in [0.2, 0.25) is 0 Å². The van der Waals surface area contributed by atoms with Gasteiger partial charge in [-0.2, -0.15) is 0 Å². The fourth-order valence-corrected chi connectivity index (χ4v) is 4.60. The summed E-state index contributed by atoms with van der Waals surface area (Å²) in [6, 6.07) is 9.57. The molecule has 1 fully saturated rings. The number of rotatable bonds is 9. The lowest BCUT2D eigenvalue weighted by atomic mass is 10.2. The number of aromatic nitrogens is 2. The molecule has 32 heavy (non-hydrogen) atoms. The lowest BCUT2D eigenvalue weighted by Crippen LogP contribution is -2.36. The summed E-state index contributed by atoms with van der Waals surface area (Å²) in [5, 5.41) is 0. The SMILES string of the molecule is CCOP(=O)(/C=C/[C@@H]1CC(OC(=O)c2ccccc2)[C@H](n2ccc(=O)[nH]c2=O)O1)OCC. The quantitative estimate of drug-likeness (QED) is 0.444. The van der Waals surface area contributed by atoms with Crippen molar-refractivity contribution >= 4 is 13.6 Å². The van der Waals surface area contributed by atoms with E-state index in [-0.39, 0.29) is 19.6 Å². The first-order chi connectivity index (χ1) is 15.3. The summed E-state index contributed by atoms with van der Waals surface area (Å²) in [4.78, 5) is 38.5. The summed E-state index contributed by atoms with van der Waals surface area (Å²) in [5.41, 5.74) is -0.925. The zero-order valence-electron chi connectivity index (χ0n) is 17.7. The van der Waals surface area contributed by atoms with Crippen molar-refractivity contribution in [3.63, 3.8) is 0 Å². The lowest BCUT2D eigenvalue weighted by molar-refractivity contribution is -0.0421. The van der Waals surface area contributed by atoms with E-state index >= 15 is 0 Å². The smallest absolute Gasteiger partial charge is 0.353 e. The van der Waals surface area contributed by atoms with Gasteiger partial charge in [0.2, 0.25) is 0 Å². The molecule has 10 nitrogen and oxygen atoms in total. The van der Waals surface area contributed by atoms with E-state index in [4.69, 9.17) is 18.5 Å². The van der Waals surface area contributed by atoms with E-state index in [1.807, 2.05) is 0 Å². The third kappa shape index (κ3) is 5.92. The highest BCUT2D eigenvalue weighted by Crippen LogP contribution is 2.50. The molecule has 1 aliphatic rings. The predicted molar refractivity (Wildman–Crippen MR) is 115 cm³/mol. The van der Waals surface area contributed by atoms with Gasteiger partial charge in [-0.1, -0.05) is 18.2 Å². The Labute approximate surface area is 184 Å². The van der Waals surface area contributed by atoms with Crippen molar-refractivity contribution in [2.24, 2.45) is 0 Å². The van der Waals surface area contributed by atoms with Crippen molar-refractivity contribution < 1.29 is 27.9 Å². The maximum atomic E-state index is 12.7. The number of nitrogens with zero attached hydrogens (tertiary/aromatic N) is 1. The minimum absolute atomic E-state index is 0.184. The number of carbonyl (C=O) groups excluding carboxylic acids is 1. The second kappa shape index (κ2) is 10.7. The summed E-state index contributed by atoms with van der Waals surface area (Å²) in [5.74, 6) is 0.722. The standard InChI is InChI=1S/C21H25N2O8P/c1-3-28-32(27,29-4-2)13-11-16-14-17(31-20(25)15-8-6-5-7-9-15)19(30-16)23-12-10-18(24)22-21(23)26/h5-13,16-17,19H,3-4,14H2,1-2H3,(H,22,24,26)/b13-11+/t16-,17?,19-/m1/s1. The Morgan fingerprint density at radius 2 is 1.88 bits per heavy atom. The van der Waals surface area contributed by atoms with Crippen LogP contribution in [0.25, 0.3) is 0 Å². The molecule has 0 aliphatic carbocycles. The van der Waals surface area contributed by atoms with Gasteiger partial charge in [-0.15, -0.1) is 0 Å². The average molecular weight is 464 g/mol. The Kier molecular flexibility index (Phi) is 7.98. The minimum atomic E-state index is -3.46. The van der Waals surface area contributed by atoms with Gasteiger partial charge in [-0.05, 0) is 32.1 Å². The summed E-state index contributed by atoms with van der Waals surface area (Å²) >= 11 is 0. The number of carbonyl (C=O) groups is 1. The molecule has 0 radical (unpaired) electrons.